The maximum Gasteiger partial charge on any atom is 0.297 e. The molecule has 1 heterocycles. The number of alkyl halides is 2. The van der Waals surface area contributed by atoms with Gasteiger partial charge in [0, 0.05) is 5.39 Å². The van der Waals surface area contributed by atoms with Gasteiger partial charge in [-0.3, -0.25) is 0 Å². The summed E-state index contributed by atoms with van der Waals surface area (Å²) in [6.07, 6.45) is -2.71. The van der Waals surface area contributed by atoms with Gasteiger partial charge in [0.05, 0.1) is 5.52 Å². The first-order valence-electron chi connectivity index (χ1n) is 4.71. The molecule has 1 aromatic carbocycles. The molecular formula is C11H9ClF2N2. The maximum atomic E-state index is 12.5. The van der Waals surface area contributed by atoms with Crippen LogP contribution in [0.2, 0.25) is 5.15 Å². The predicted octanol–water partition coefficient (Wildman–Crippen LogP) is 3.84. The molecule has 2 aromatic rings. The summed E-state index contributed by atoms with van der Waals surface area (Å²) in [5.74, 6) is -0.524. The Balaban J connectivity index is 2.82. The highest BCUT2D eigenvalue weighted by Crippen LogP contribution is 2.27. The standard InChI is InChI=1S/C11H9ClF2N2/c1-5-3-6(2)8-7(4-5)9(12)16-11(15-8)10(13)14/h3-4,10H,1-2H3. The zero-order valence-electron chi connectivity index (χ0n) is 8.76. The molecule has 0 spiro atoms. The van der Waals surface area contributed by atoms with E-state index in [1.54, 1.807) is 6.07 Å². The number of rotatable bonds is 1. The second-order valence-electron chi connectivity index (χ2n) is 3.65. The van der Waals surface area contributed by atoms with Crippen molar-refractivity contribution >= 4 is 22.5 Å². The first-order chi connectivity index (χ1) is 7.49. The molecular weight excluding hydrogens is 234 g/mol. The Morgan fingerprint density at radius 1 is 1.19 bits per heavy atom. The molecule has 0 bridgehead atoms. The van der Waals surface area contributed by atoms with Crippen molar-refractivity contribution in [2.75, 3.05) is 0 Å². The Morgan fingerprint density at radius 2 is 1.88 bits per heavy atom. The Hall–Kier alpha value is -1.29. The summed E-state index contributed by atoms with van der Waals surface area (Å²) in [5.41, 5.74) is 2.31. The summed E-state index contributed by atoms with van der Waals surface area (Å²) < 4.78 is 25.0. The van der Waals surface area contributed by atoms with Gasteiger partial charge in [-0.25, -0.2) is 18.7 Å². The zero-order chi connectivity index (χ0) is 11.9. The average Bonchev–Trinajstić information content (AvgIpc) is 2.19. The van der Waals surface area contributed by atoms with Crippen LogP contribution in [0.5, 0.6) is 0 Å². The maximum absolute atomic E-state index is 12.5. The smallest absolute Gasteiger partial charge is 0.227 e. The van der Waals surface area contributed by atoms with Gasteiger partial charge >= 0.3 is 0 Å². The number of fused-ring (bicyclic) bond motifs is 1. The van der Waals surface area contributed by atoms with E-state index in [2.05, 4.69) is 9.97 Å². The summed E-state index contributed by atoms with van der Waals surface area (Å²) in [5, 5.41) is 0.690. The Labute approximate surface area is 96.3 Å². The Bertz CT molecular complexity index is 555. The Morgan fingerprint density at radius 3 is 2.50 bits per heavy atom. The minimum Gasteiger partial charge on any atom is -0.227 e. The number of aryl methyl sites for hydroxylation is 2. The van der Waals surface area contributed by atoms with Crippen molar-refractivity contribution in [2.45, 2.75) is 20.3 Å². The molecule has 0 aliphatic carbocycles. The molecule has 0 aliphatic rings. The molecule has 0 fully saturated rings. The zero-order valence-corrected chi connectivity index (χ0v) is 9.52. The predicted molar refractivity (Wildman–Crippen MR) is 59.0 cm³/mol. The van der Waals surface area contributed by atoms with E-state index in [0.29, 0.717) is 10.9 Å². The lowest BCUT2D eigenvalue weighted by Gasteiger charge is -2.07. The molecule has 84 valence electrons. The van der Waals surface area contributed by atoms with Crippen molar-refractivity contribution in [3.05, 3.63) is 34.2 Å². The van der Waals surface area contributed by atoms with E-state index in [1.807, 2.05) is 19.9 Å². The highest BCUT2D eigenvalue weighted by Gasteiger charge is 2.15. The number of hydrogen-bond donors (Lipinski definition) is 0. The summed E-state index contributed by atoms with van der Waals surface area (Å²) in [6.45, 7) is 3.72. The van der Waals surface area contributed by atoms with E-state index in [0.717, 1.165) is 11.1 Å². The number of benzene rings is 1. The molecule has 0 aliphatic heterocycles. The van der Waals surface area contributed by atoms with Crippen LogP contribution in [0.15, 0.2) is 12.1 Å². The van der Waals surface area contributed by atoms with E-state index in [9.17, 15) is 8.78 Å². The molecule has 0 saturated heterocycles. The lowest BCUT2D eigenvalue weighted by molar-refractivity contribution is 0.141. The molecule has 2 nitrogen and oxygen atoms in total. The van der Waals surface area contributed by atoms with Crippen molar-refractivity contribution in [1.82, 2.24) is 9.97 Å². The van der Waals surface area contributed by atoms with Gasteiger partial charge in [0.25, 0.3) is 6.43 Å². The lowest BCUT2D eigenvalue weighted by Crippen LogP contribution is -1.98. The quantitative estimate of drug-likeness (QED) is 0.710. The van der Waals surface area contributed by atoms with Gasteiger partial charge in [0.15, 0.2) is 5.82 Å². The van der Waals surface area contributed by atoms with Crippen LogP contribution in [0.25, 0.3) is 10.9 Å². The summed E-state index contributed by atoms with van der Waals surface area (Å²) >= 11 is 5.87. The minimum atomic E-state index is -2.71. The van der Waals surface area contributed by atoms with E-state index in [4.69, 9.17) is 11.6 Å². The largest absolute Gasteiger partial charge is 0.297 e. The second kappa shape index (κ2) is 3.94. The van der Waals surface area contributed by atoms with Crippen molar-refractivity contribution in [3.63, 3.8) is 0 Å². The van der Waals surface area contributed by atoms with Crippen LogP contribution >= 0.6 is 11.6 Å². The fourth-order valence-electron chi connectivity index (χ4n) is 1.66. The number of nitrogens with zero attached hydrogens (tertiary/aromatic N) is 2. The highest BCUT2D eigenvalue weighted by molar-refractivity contribution is 6.34. The SMILES string of the molecule is Cc1cc(C)c2nc(C(F)F)nc(Cl)c2c1. The molecule has 0 N–H and O–H groups in total. The summed E-state index contributed by atoms with van der Waals surface area (Å²) in [4.78, 5) is 7.42. The second-order valence-corrected chi connectivity index (χ2v) is 4.01. The van der Waals surface area contributed by atoms with E-state index < -0.39 is 12.2 Å². The van der Waals surface area contributed by atoms with Gasteiger partial charge in [-0.05, 0) is 25.5 Å². The van der Waals surface area contributed by atoms with Crippen molar-refractivity contribution < 1.29 is 8.78 Å². The van der Waals surface area contributed by atoms with Crippen LogP contribution in [0, 0.1) is 13.8 Å². The van der Waals surface area contributed by atoms with Crippen molar-refractivity contribution in [3.8, 4) is 0 Å². The average molecular weight is 243 g/mol. The summed E-state index contributed by atoms with van der Waals surface area (Å²) in [7, 11) is 0. The molecule has 1 aromatic heterocycles. The van der Waals surface area contributed by atoms with Crippen LogP contribution in [-0.4, -0.2) is 9.97 Å². The van der Waals surface area contributed by atoms with Crippen LogP contribution in [-0.2, 0) is 0 Å². The van der Waals surface area contributed by atoms with Gasteiger partial charge in [-0.15, -0.1) is 0 Å². The molecule has 0 atom stereocenters. The van der Waals surface area contributed by atoms with Gasteiger partial charge in [0.2, 0.25) is 0 Å². The van der Waals surface area contributed by atoms with Crippen LogP contribution in [0.4, 0.5) is 8.78 Å². The first-order valence-corrected chi connectivity index (χ1v) is 5.09. The lowest BCUT2D eigenvalue weighted by atomic mass is 10.1. The van der Waals surface area contributed by atoms with E-state index >= 15 is 0 Å². The summed E-state index contributed by atoms with van der Waals surface area (Å²) in [6, 6.07) is 3.67. The highest BCUT2D eigenvalue weighted by atomic mass is 35.5. The number of halogens is 3. The van der Waals surface area contributed by atoms with E-state index in [-0.39, 0.29) is 5.15 Å². The van der Waals surface area contributed by atoms with E-state index in [1.165, 1.54) is 0 Å². The van der Waals surface area contributed by atoms with Crippen molar-refractivity contribution in [1.29, 1.82) is 0 Å². The number of hydrogen-bond acceptors (Lipinski definition) is 2. The van der Waals surface area contributed by atoms with Gasteiger partial charge in [-0.2, -0.15) is 0 Å². The van der Waals surface area contributed by atoms with Crippen LogP contribution < -0.4 is 0 Å². The number of aromatic nitrogens is 2. The van der Waals surface area contributed by atoms with Crippen molar-refractivity contribution in [2.24, 2.45) is 0 Å². The molecule has 0 radical (unpaired) electrons. The topological polar surface area (TPSA) is 25.8 Å². The molecule has 0 saturated carbocycles. The first kappa shape index (κ1) is 11.2. The molecule has 0 unspecified atom stereocenters. The molecule has 0 amide bonds. The fraction of sp³-hybridized carbons (Fsp3) is 0.273. The van der Waals surface area contributed by atoms with Gasteiger partial charge < -0.3 is 0 Å². The third-order valence-electron chi connectivity index (χ3n) is 2.30. The third-order valence-corrected chi connectivity index (χ3v) is 2.59. The Kier molecular flexibility index (Phi) is 2.76. The van der Waals surface area contributed by atoms with Crippen LogP contribution in [0.1, 0.15) is 23.4 Å². The van der Waals surface area contributed by atoms with Gasteiger partial charge in [0.1, 0.15) is 5.15 Å². The normalized spacial score (nSPS) is 11.4. The monoisotopic (exact) mass is 242 g/mol. The minimum absolute atomic E-state index is 0.0760. The van der Waals surface area contributed by atoms with Gasteiger partial charge in [-0.1, -0.05) is 23.2 Å². The molecule has 5 heteroatoms. The third kappa shape index (κ3) is 1.85. The van der Waals surface area contributed by atoms with Crippen LogP contribution in [0.3, 0.4) is 0 Å². The fourth-order valence-corrected chi connectivity index (χ4v) is 1.89. The molecule has 16 heavy (non-hydrogen) atoms. The molecule has 2 rings (SSSR count).